The smallest absolute Gasteiger partial charge is 0.266 e. The largest absolute Gasteiger partial charge is 0.494 e. The van der Waals surface area contributed by atoms with Crippen molar-refractivity contribution in [1.82, 2.24) is 0 Å². The summed E-state index contributed by atoms with van der Waals surface area (Å²) in [5.41, 5.74) is 2.67. The second kappa shape index (κ2) is 10.9. The number of benzene rings is 3. The van der Waals surface area contributed by atoms with Crippen LogP contribution in [-0.2, 0) is 11.2 Å². The van der Waals surface area contributed by atoms with Crippen LogP contribution in [0.1, 0.15) is 23.6 Å². The van der Waals surface area contributed by atoms with Crippen molar-refractivity contribution in [2.75, 3.05) is 11.9 Å². The third kappa shape index (κ3) is 6.19. The van der Waals surface area contributed by atoms with E-state index < -0.39 is 5.91 Å². The lowest BCUT2D eigenvalue weighted by atomic mass is 10.0. The van der Waals surface area contributed by atoms with Crippen molar-refractivity contribution < 1.29 is 13.9 Å². The van der Waals surface area contributed by atoms with Crippen molar-refractivity contribution in [3.8, 4) is 11.8 Å². The highest BCUT2D eigenvalue weighted by Gasteiger charge is 2.14. The molecule has 0 bridgehead atoms. The topological polar surface area (TPSA) is 62.1 Å². The Morgan fingerprint density at radius 1 is 1.22 bits per heavy atom. The molecule has 0 spiro atoms. The van der Waals surface area contributed by atoms with E-state index in [0.717, 1.165) is 15.6 Å². The van der Waals surface area contributed by atoms with Gasteiger partial charge in [0, 0.05) is 27.2 Å². The molecule has 1 N–H and O–H groups in total. The van der Waals surface area contributed by atoms with Gasteiger partial charge in [-0.2, -0.15) is 5.26 Å². The van der Waals surface area contributed by atoms with Crippen molar-refractivity contribution in [1.29, 1.82) is 5.26 Å². The van der Waals surface area contributed by atoms with Gasteiger partial charge in [0.1, 0.15) is 23.2 Å². The van der Waals surface area contributed by atoms with Gasteiger partial charge in [0.25, 0.3) is 5.91 Å². The minimum atomic E-state index is -0.548. The molecule has 0 atom stereocenters. The fraction of sp³-hybridized carbons (Fsp3) is 0.120. The van der Waals surface area contributed by atoms with Crippen LogP contribution in [0.15, 0.2) is 70.7 Å². The first kappa shape index (κ1) is 23.5. The molecule has 3 aromatic carbocycles. The number of nitriles is 1. The van der Waals surface area contributed by atoms with Crippen LogP contribution in [0.2, 0.25) is 5.02 Å². The summed E-state index contributed by atoms with van der Waals surface area (Å²) < 4.78 is 20.1. The van der Waals surface area contributed by atoms with E-state index in [-0.39, 0.29) is 11.4 Å². The van der Waals surface area contributed by atoms with E-state index in [2.05, 4.69) is 21.2 Å². The fourth-order valence-electron chi connectivity index (χ4n) is 3.10. The van der Waals surface area contributed by atoms with Gasteiger partial charge in [0.05, 0.1) is 6.61 Å². The number of amides is 1. The minimum absolute atomic E-state index is 0.0720. The Kier molecular flexibility index (Phi) is 8.04. The van der Waals surface area contributed by atoms with E-state index in [9.17, 15) is 14.4 Å². The first-order valence-corrected chi connectivity index (χ1v) is 10.9. The van der Waals surface area contributed by atoms with E-state index in [1.807, 2.05) is 19.1 Å². The van der Waals surface area contributed by atoms with E-state index in [1.165, 1.54) is 18.2 Å². The lowest BCUT2D eigenvalue weighted by Crippen LogP contribution is -2.13. The highest BCUT2D eigenvalue weighted by Crippen LogP contribution is 2.32. The van der Waals surface area contributed by atoms with Gasteiger partial charge < -0.3 is 10.1 Å². The number of ether oxygens (including phenoxy) is 1. The van der Waals surface area contributed by atoms with E-state index in [0.29, 0.717) is 35.1 Å². The summed E-state index contributed by atoms with van der Waals surface area (Å²) in [5.74, 6) is -0.266. The molecule has 0 saturated heterocycles. The van der Waals surface area contributed by atoms with Gasteiger partial charge in [-0.25, -0.2) is 4.39 Å². The second-order valence-corrected chi connectivity index (χ2v) is 8.14. The fourth-order valence-corrected chi connectivity index (χ4v) is 3.89. The summed E-state index contributed by atoms with van der Waals surface area (Å²) in [6.45, 7) is 2.29. The quantitative estimate of drug-likeness (QED) is 0.280. The van der Waals surface area contributed by atoms with Gasteiger partial charge in [0.15, 0.2) is 0 Å². The molecule has 0 radical (unpaired) electrons. The van der Waals surface area contributed by atoms with Gasteiger partial charge in [-0.3, -0.25) is 4.79 Å². The Bertz CT molecular complexity index is 1220. The number of hydrogen-bond donors (Lipinski definition) is 1. The maximum Gasteiger partial charge on any atom is 0.266 e. The summed E-state index contributed by atoms with van der Waals surface area (Å²) >= 11 is 9.50. The molecule has 0 fully saturated rings. The predicted molar refractivity (Wildman–Crippen MR) is 128 cm³/mol. The van der Waals surface area contributed by atoms with Gasteiger partial charge in [0.2, 0.25) is 0 Å². The second-order valence-electron chi connectivity index (χ2n) is 6.85. The molecule has 1 amide bonds. The Hall–Kier alpha value is -3.14. The lowest BCUT2D eigenvalue weighted by Gasteiger charge is -2.14. The molecule has 3 aromatic rings. The molecule has 7 heteroatoms. The number of rotatable bonds is 7. The Labute approximate surface area is 199 Å². The zero-order chi connectivity index (χ0) is 23.1. The highest BCUT2D eigenvalue weighted by molar-refractivity contribution is 9.10. The lowest BCUT2D eigenvalue weighted by molar-refractivity contribution is -0.112. The Morgan fingerprint density at radius 2 is 2.00 bits per heavy atom. The van der Waals surface area contributed by atoms with E-state index >= 15 is 0 Å². The molecule has 0 heterocycles. The number of anilines is 1. The SMILES string of the molecule is CCOc1cc(/C=C(\C#N)C(=O)Nc2cccc(Cl)c2)cc(Br)c1Cc1cccc(F)c1. The van der Waals surface area contributed by atoms with Crippen molar-refractivity contribution in [3.63, 3.8) is 0 Å². The predicted octanol–water partition coefficient (Wildman–Crippen LogP) is 6.78. The van der Waals surface area contributed by atoms with Crippen LogP contribution < -0.4 is 10.1 Å². The van der Waals surface area contributed by atoms with Crippen molar-refractivity contribution >= 4 is 45.2 Å². The number of hydrogen-bond acceptors (Lipinski definition) is 3. The average Bonchev–Trinajstić information content (AvgIpc) is 2.74. The van der Waals surface area contributed by atoms with Crippen LogP contribution in [0.4, 0.5) is 10.1 Å². The van der Waals surface area contributed by atoms with E-state index in [1.54, 1.807) is 42.5 Å². The van der Waals surface area contributed by atoms with Crippen LogP contribution in [0.5, 0.6) is 5.75 Å². The Morgan fingerprint density at radius 3 is 2.69 bits per heavy atom. The van der Waals surface area contributed by atoms with Crippen LogP contribution in [0.25, 0.3) is 6.08 Å². The molecular formula is C25H19BrClFN2O2. The first-order chi connectivity index (χ1) is 15.4. The molecule has 162 valence electrons. The third-order valence-electron chi connectivity index (χ3n) is 4.51. The summed E-state index contributed by atoms with van der Waals surface area (Å²) in [6.07, 6.45) is 1.94. The molecule has 0 aromatic heterocycles. The molecule has 0 aliphatic heterocycles. The molecular weight excluding hydrogens is 495 g/mol. The van der Waals surface area contributed by atoms with Crippen molar-refractivity contribution in [3.05, 3.63) is 98.2 Å². The number of halogens is 3. The molecule has 0 unspecified atom stereocenters. The minimum Gasteiger partial charge on any atom is -0.494 e. The summed E-state index contributed by atoms with van der Waals surface area (Å²) in [6, 6.07) is 18.5. The standard InChI is InChI=1S/C25H19BrClFN2O2/c1-2-32-24-13-17(12-23(26)22(24)11-16-5-3-7-20(28)10-16)9-18(15-29)25(31)30-21-8-4-6-19(27)14-21/h3-10,12-14H,2,11H2,1H3,(H,30,31)/b18-9+. The number of nitrogens with one attached hydrogen (secondary N) is 1. The van der Waals surface area contributed by atoms with Gasteiger partial charge in [-0.1, -0.05) is 45.7 Å². The summed E-state index contributed by atoms with van der Waals surface area (Å²) in [4.78, 5) is 12.6. The van der Waals surface area contributed by atoms with Gasteiger partial charge >= 0.3 is 0 Å². The first-order valence-electron chi connectivity index (χ1n) is 9.78. The Balaban J connectivity index is 1.91. The van der Waals surface area contributed by atoms with Crippen LogP contribution in [0, 0.1) is 17.1 Å². The van der Waals surface area contributed by atoms with Gasteiger partial charge in [-0.05, 0) is 66.6 Å². The zero-order valence-electron chi connectivity index (χ0n) is 17.2. The normalized spacial score (nSPS) is 11.0. The number of nitrogens with zero attached hydrogens (tertiary/aromatic N) is 1. The van der Waals surface area contributed by atoms with E-state index in [4.69, 9.17) is 16.3 Å². The molecule has 3 rings (SSSR count). The molecule has 0 saturated carbocycles. The average molecular weight is 514 g/mol. The molecule has 0 aliphatic rings. The maximum absolute atomic E-state index is 13.6. The monoisotopic (exact) mass is 512 g/mol. The molecule has 0 aliphatic carbocycles. The zero-order valence-corrected chi connectivity index (χ0v) is 19.5. The number of carbonyl (C=O) groups excluding carboxylic acids is 1. The third-order valence-corrected chi connectivity index (χ3v) is 5.45. The maximum atomic E-state index is 13.6. The summed E-state index contributed by atoms with van der Waals surface area (Å²) in [7, 11) is 0. The van der Waals surface area contributed by atoms with Crippen LogP contribution in [0.3, 0.4) is 0 Å². The van der Waals surface area contributed by atoms with Crippen molar-refractivity contribution in [2.45, 2.75) is 13.3 Å². The summed E-state index contributed by atoms with van der Waals surface area (Å²) in [5, 5.41) is 12.7. The van der Waals surface area contributed by atoms with Crippen molar-refractivity contribution in [2.24, 2.45) is 0 Å². The number of carbonyl (C=O) groups is 1. The van der Waals surface area contributed by atoms with Gasteiger partial charge in [-0.15, -0.1) is 0 Å². The highest BCUT2D eigenvalue weighted by atomic mass is 79.9. The molecule has 32 heavy (non-hydrogen) atoms. The van der Waals surface area contributed by atoms with Crippen LogP contribution in [-0.4, -0.2) is 12.5 Å². The van der Waals surface area contributed by atoms with Crippen LogP contribution >= 0.6 is 27.5 Å². The molecule has 4 nitrogen and oxygen atoms in total.